The van der Waals surface area contributed by atoms with E-state index in [-0.39, 0.29) is 12.5 Å². The van der Waals surface area contributed by atoms with E-state index < -0.39 is 0 Å². The molecule has 1 heterocycles. The van der Waals surface area contributed by atoms with Crippen molar-refractivity contribution in [1.82, 2.24) is 30.8 Å². The molecule has 10 heteroatoms. The first kappa shape index (κ1) is 23.8. The number of aryl methyl sites for hydroxylation is 1. The van der Waals surface area contributed by atoms with Crippen LogP contribution in [-0.2, 0) is 11.3 Å². The van der Waals surface area contributed by atoms with Crippen LogP contribution < -0.4 is 20.7 Å². The van der Waals surface area contributed by atoms with Gasteiger partial charge < -0.3 is 20.7 Å². The van der Waals surface area contributed by atoms with E-state index in [0.29, 0.717) is 41.1 Å². The van der Waals surface area contributed by atoms with E-state index in [9.17, 15) is 4.79 Å². The topological polar surface area (TPSA) is 106 Å². The molecule has 0 saturated heterocycles. The van der Waals surface area contributed by atoms with Gasteiger partial charge in [0.05, 0.1) is 5.56 Å². The molecule has 0 spiro atoms. The molecule has 1 amide bonds. The number of rotatable bonds is 9. The van der Waals surface area contributed by atoms with Crippen molar-refractivity contribution in [2.45, 2.75) is 13.5 Å². The first-order valence-corrected chi connectivity index (χ1v) is 11.5. The molecule has 9 nitrogen and oxygen atoms in total. The second-order valence-corrected chi connectivity index (χ2v) is 8.06. The van der Waals surface area contributed by atoms with Crippen LogP contribution in [0.1, 0.15) is 5.56 Å². The van der Waals surface area contributed by atoms with Gasteiger partial charge in [0, 0.05) is 18.8 Å². The van der Waals surface area contributed by atoms with Gasteiger partial charge in [0.2, 0.25) is 11.7 Å². The maximum absolute atomic E-state index is 12.3. The number of thiocarbonyl (C=S) groups is 1. The van der Waals surface area contributed by atoms with Crippen LogP contribution in [0.3, 0.4) is 0 Å². The molecule has 178 valence electrons. The van der Waals surface area contributed by atoms with Gasteiger partial charge in [0.15, 0.2) is 5.11 Å². The van der Waals surface area contributed by atoms with Crippen LogP contribution in [0.15, 0.2) is 78.9 Å². The van der Waals surface area contributed by atoms with E-state index in [4.69, 9.17) is 17.0 Å². The van der Waals surface area contributed by atoms with Gasteiger partial charge in [-0.2, -0.15) is 4.80 Å². The molecule has 0 aliphatic heterocycles. The van der Waals surface area contributed by atoms with Crippen molar-refractivity contribution >= 4 is 28.9 Å². The third-order valence-electron chi connectivity index (χ3n) is 4.85. The lowest BCUT2D eigenvalue weighted by molar-refractivity contribution is -0.122. The molecule has 4 rings (SSSR count). The normalized spacial score (nSPS) is 10.4. The van der Waals surface area contributed by atoms with Crippen molar-refractivity contribution in [2.24, 2.45) is 0 Å². The Kier molecular flexibility index (Phi) is 7.97. The Morgan fingerprint density at radius 1 is 0.971 bits per heavy atom. The second-order valence-electron chi connectivity index (χ2n) is 7.66. The van der Waals surface area contributed by atoms with Crippen molar-refractivity contribution in [3.05, 3.63) is 84.4 Å². The third kappa shape index (κ3) is 7.08. The quantitative estimate of drug-likeness (QED) is 0.243. The zero-order valence-electron chi connectivity index (χ0n) is 19.1. The number of hydrogen-bond acceptors (Lipinski definition) is 6. The number of nitrogens with zero attached hydrogens (tertiary/aromatic N) is 4. The predicted octanol–water partition coefficient (Wildman–Crippen LogP) is 3.54. The SMILES string of the molecule is Cc1cccc(NC(=S)NCCNC(=O)Cn2nnc(-c3ccccc3Oc3ccccc3)n2)c1. The Morgan fingerprint density at radius 3 is 2.57 bits per heavy atom. The summed E-state index contributed by atoms with van der Waals surface area (Å²) in [5, 5.41) is 21.9. The third-order valence-corrected chi connectivity index (χ3v) is 5.09. The number of hydrogen-bond donors (Lipinski definition) is 3. The average Bonchev–Trinajstić information content (AvgIpc) is 3.31. The molecule has 3 aromatic carbocycles. The van der Waals surface area contributed by atoms with Crippen LogP contribution in [0.2, 0.25) is 0 Å². The van der Waals surface area contributed by atoms with Crippen LogP contribution >= 0.6 is 12.2 Å². The molecule has 1 aromatic heterocycles. The number of carbonyl (C=O) groups excluding carboxylic acids is 1. The molecule has 0 atom stereocenters. The zero-order chi connectivity index (χ0) is 24.5. The molecule has 0 fully saturated rings. The van der Waals surface area contributed by atoms with E-state index in [1.54, 1.807) is 0 Å². The maximum Gasteiger partial charge on any atom is 0.243 e. The Balaban J connectivity index is 1.25. The molecule has 0 radical (unpaired) electrons. The predicted molar refractivity (Wildman–Crippen MR) is 138 cm³/mol. The van der Waals surface area contributed by atoms with Gasteiger partial charge in [-0.1, -0.05) is 42.5 Å². The van der Waals surface area contributed by atoms with Gasteiger partial charge >= 0.3 is 0 Å². The lowest BCUT2D eigenvalue weighted by Gasteiger charge is -2.11. The van der Waals surface area contributed by atoms with Gasteiger partial charge in [-0.3, -0.25) is 4.79 Å². The summed E-state index contributed by atoms with van der Waals surface area (Å²) in [6.45, 7) is 2.83. The van der Waals surface area contributed by atoms with Gasteiger partial charge in [0.25, 0.3) is 0 Å². The number of benzene rings is 3. The Labute approximate surface area is 208 Å². The number of para-hydroxylation sites is 2. The van der Waals surface area contributed by atoms with E-state index >= 15 is 0 Å². The summed E-state index contributed by atoms with van der Waals surface area (Å²) in [6.07, 6.45) is 0. The fraction of sp³-hybridized carbons (Fsp3) is 0.160. The number of nitrogens with one attached hydrogen (secondary N) is 3. The summed E-state index contributed by atoms with van der Waals surface area (Å²) in [5.74, 6) is 1.44. The fourth-order valence-corrected chi connectivity index (χ4v) is 3.45. The second kappa shape index (κ2) is 11.7. The van der Waals surface area contributed by atoms with Crippen molar-refractivity contribution in [1.29, 1.82) is 0 Å². The van der Waals surface area contributed by atoms with Crippen molar-refractivity contribution in [3.8, 4) is 22.9 Å². The van der Waals surface area contributed by atoms with Crippen LogP contribution in [-0.4, -0.2) is 44.3 Å². The van der Waals surface area contributed by atoms with Crippen molar-refractivity contribution in [3.63, 3.8) is 0 Å². The smallest absolute Gasteiger partial charge is 0.243 e. The van der Waals surface area contributed by atoms with Crippen LogP contribution in [0.5, 0.6) is 11.5 Å². The lowest BCUT2D eigenvalue weighted by Crippen LogP contribution is -2.38. The standard InChI is InChI=1S/C25H25N7O2S/c1-18-8-7-9-19(16-18)28-25(35)27-15-14-26-23(33)17-32-30-24(29-31-32)21-12-5-6-13-22(21)34-20-10-3-2-4-11-20/h2-13,16H,14-15,17H2,1H3,(H,26,33)(H2,27,28,35). The molecular weight excluding hydrogens is 462 g/mol. The summed E-state index contributed by atoms with van der Waals surface area (Å²) in [6, 6.07) is 24.8. The van der Waals surface area contributed by atoms with Crippen molar-refractivity contribution < 1.29 is 9.53 Å². The summed E-state index contributed by atoms with van der Waals surface area (Å²) in [7, 11) is 0. The fourth-order valence-electron chi connectivity index (χ4n) is 3.23. The highest BCUT2D eigenvalue weighted by Gasteiger charge is 2.14. The highest BCUT2D eigenvalue weighted by molar-refractivity contribution is 7.80. The van der Waals surface area contributed by atoms with Crippen LogP contribution in [0.25, 0.3) is 11.4 Å². The average molecular weight is 488 g/mol. The van der Waals surface area contributed by atoms with E-state index in [1.165, 1.54) is 4.80 Å². The summed E-state index contributed by atoms with van der Waals surface area (Å²) in [4.78, 5) is 13.6. The highest BCUT2D eigenvalue weighted by atomic mass is 32.1. The molecule has 3 N–H and O–H groups in total. The van der Waals surface area contributed by atoms with Gasteiger partial charge in [-0.25, -0.2) is 0 Å². The maximum atomic E-state index is 12.3. The molecule has 0 aliphatic carbocycles. The van der Waals surface area contributed by atoms with Gasteiger partial charge in [-0.15, -0.1) is 10.2 Å². The van der Waals surface area contributed by atoms with E-state index in [1.807, 2.05) is 85.8 Å². The minimum Gasteiger partial charge on any atom is -0.457 e. The molecule has 0 aliphatic rings. The minimum absolute atomic E-state index is 0.0549. The number of amides is 1. The van der Waals surface area contributed by atoms with Gasteiger partial charge in [-0.05, 0) is 66.3 Å². The molecule has 4 aromatic rings. The van der Waals surface area contributed by atoms with Crippen LogP contribution in [0, 0.1) is 6.92 Å². The Bertz CT molecular complexity index is 1290. The molecule has 0 unspecified atom stereocenters. The number of aromatic nitrogens is 4. The molecule has 0 bridgehead atoms. The highest BCUT2D eigenvalue weighted by Crippen LogP contribution is 2.30. The Hall–Kier alpha value is -4.31. The number of anilines is 1. The van der Waals surface area contributed by atoms with E-state index in [2.05, 4.69) is 31.4 Å². The summed E-state index contributed by atoms with van der Waals surface area (Å²) >= 11 is 5.29. The minimum atomic E-state index is -0.234. The van der Waals surface area contributed by atoms with Gasteiger partial charge in [0.1, 0.15) is 18.0 Å². The zero-order valence-corrected chi connectivity index (χ0v) is 20.0. The molecular formula is C25H25N7O2S. The Morgan fingerprint density at radius 2 is 1.74 bits per heavy atom. The summed E-state index contributed by atoms with van der Waals surface area (Å²) < 4.78 is 5.96. The summed E-state index contributed by atoms with van der Waals surface area (Å²) in [5.41, 5.74) is 2.74. The van der Waals surface area contributed by atoms with E-state index in [0.717, 1.165) is 11.3 Å². The van der Waals surface area contributed by atoms with Crippen molar-refractivity contribution in [2.75, 3.05) is 18.4 Å². The number of ether oxygens (including phenoxy) is 1. The first-order chi connectivity index (χ1) is 17.1. The lowest BCUT2D eigenvalue weighted by atomic mass is 10.2. The number of tetrazole rings is 1. The number of carbonyl (C=O) groups is 1. The largest absolute Gasteiger partial charge is 0.457 e. The molecule has 35 heavy (non-hydrogen) atoms. The molecule has 0 saturated carbocycles. The monoisotopic (exact) mass is 487 g/mol. The first-order valence-electron chi connectivity index (χ1n) is 11.0. The van der Waals surface area contributed by atoms with Crippen LogP contribution in [0.4, 0.5) is 5.69 Å².